The second-order valence-electron chi connectivity index (χ2n) is 5.93. The maximum Gasteiger partial charge on any atom is 0.410 e. The molecule has 2 aromatic carbocycles. The van der Waals surface area contributed by atoms with Gasteiger partial charge in [-0.2, -0.15) is 0 Å². The van der Waals surface area contributed by atoms with Crippen molar-refractivity contribution in [3.8, 4) is 17.3 Å². The number of para-hydroxylation sites is 1. The summed E-state index contributed by atoms with van der Waals surface area (Å²) in [6.45, 7) is 0. The number of imidazole rings is 1. The molecule has 0 atom stereocenters. The monoisotopic (exact) mass is 418 g/mol. The number of nitrogens with one attached hydrogen (secondary N) is 1. The predicted octanol–water partition coefficient (Wildman–Crippen LogP) is 3.00. The van der Waals surface area contributed by atoms with E-state index in [1.165, 1.54) is 24.4 Å². The first-order chi connectivity index (χ1) is 13.8. The summed E-state index contributed by atoms with van der Waals surface area (Å²) < 4.78 is 58.8. The number of aromatic amines is 1. The highest BCUT2D eigenvalue weighted by Crippen LogP contribution is 2.30. The van der Waals surface area contributed by atoms with Crippen molar-refractivity contribution in [2.24, 2.45) is 5.73 Å². The average Bonchev–Trinajstić information content (AvgIpc) is 3.28. The summed E-state index contributed by atoms with van der Waals surface area (Å²) in [6.07, 6.45) is 0.182. The zero-order valence-electron chi connectivity index (χ0n) is 14.5. The predicted molar refractivity (Wildman–Crippen MR) is 98.7 cm³/mol. The summed E-state index contributed by atoms with van der Waals surface area (Å²) in [5.74, 6) is -1.90. The Morgan fingerprint density at radius 3 is 2.66 bits per heavy atom. The van der Waals surface area contributed by atoms with E-state index in [0.717, 1.165) is 16.1 Å². The number of H-pyrrole nitrogens is 1. The molecule has 8 nitrogen and oxygen atoms in total. The van der Waals surface area contributed by atoms with Crippen LogP contribution < -0.4 is 10.5 Å². The lowest BCUT2D eigenvalue weighted by Crippen LogP contribution is -2.16. The molecule has 0 bridgehead atoms. The van der Waals surface area contributed by atoms with Gasteiger partial charge in [-0.05, 0) is 36.4 Å². The molecule has 11 heteroatoms. The number of nitrogens with zero attached hydrogens (tertiary/aromatic N) is 2. The lowest BCUT2D eigenvalue weighted by molar-refractivity contribution is 0.211. The lowest BCUT2D eigenvalue weighted by Gasteiger charge is -2.10. The number of primary amides is 1. The zero-order valence-corrected chi connectivity index (χ0v) is 15.3. The molecule has 4 aromatic rings. The smallest absolute Gasteiger partial charge is 0.408 e. The normalized spacial score (nSPS) is 11.7. The molecule has 0 aliphatic carbocycles. The number of amides is 1. The molecule has 0 saturated carbocycles. The van der Waals surface area contributed by atoms with E-state index < -0.39 is 32.6 Å². The van der Waals surface area contributed by atoms with Gasteiger partial charge in [0.25, 0.3) is 10.0 Å². The molecule has 148 valence electrons. The first kappa shape index (κ1) is 18.6. The summed E-state index contributed by atoms with van der Waals surface area (Å²) in [7, 11) is -4.38. The van der Waals surface area contributed by atoms with Gasteiger partial charge < -0.3 is 15.5 Å². The van der Waals surface area contributed by atoms with Crippen molar-refractivity contribution in [1.82, 2.24) is 13.9 Å². The van der Waals surface area contributed by atoms with Crippen molar-refractivity contribution in [2.75, 3.05) is 0 Å². The van der Waals surface area contributed by atoms with Gasteiger partial charge in [0, 0.05) is 12.3 Å². The molecule has 0 aliphatic rings. The molecule has 4 rings (SSSR count). The van der Waals surface area contributed by atoms with Gasteiger partial charge in [0.15, 0.2) is 11.6 Å². The van der Waals surface area contributed by atoms with E-state index in [1.807, 2.05) is 0 Å². The molecule has 1 amide bonds. The molecule has 29 heavy (non-hydrogen) atoms. The summed E-state index contributed by atoms with van der Waals surface area (Å²) in [6, 6.07) is 9.78. The number of hydrogen-bond donors (Lipinski definition) is 2. The van der Waals surface area contributed by atoms with E-state index in [2.05, 4.69) is 9.97 Å². The molecule has 0 aliphatic heterocycles. The quantitative estimate of drug-likeness (QED) is 0.528. The Labute approximate surface area is 162 Å². The Morgan fingerprint density at radius 1 is 1.14 bits per heavy atom. The van der Waals surface area contributed by atoms with Crippen molar-refractivity contribution in [3.05, 3.63) is 66.4 Å². The average molecular weight is 418 g/mol. The minimum atomic E-state index is -4.38. The highest BCUT2D eigenvalue weighted by molar-refractivity contribution is 7.90. The van der Waals surface area contributed by atoms with Crippen LogP contribution in [0, 0.1) is 11.6 Å². The maximum atomic E-state index is 14.1. The van der Waals surface area contributed by atoms with Gasteiger partial charge in [-0.1, -0.05) is 6.07 Å². The van der Waals surface area contributed by atoms with Gasteiger partial charge in [-0.3, -0.25) is 0 Å². The Morgan fingerprint density at radius 2 is 1.93 bits per heavy atom. The third kappa shape index (κ3) is 3.21. The van der Waals surface area contributed by atoms with Crippen LogP contribution in [0.1, 0.15) is 0 Å². The molecule has 0 spiro atoms. The van der Waals surface area contributed by atoms with Crippen LogP contribution in [-0.4, -0.2) is 28.5 Å². The van der Waals surface area contributed by atoms with Gasteiger partial charge in [0.2, 0.25) is 0 Å². The van der Waals surface area contributed by atoms with Crippen molar-refractivity contribution < 1.29 is 26.7 Å². The van der Waals surface area contributed by atoms with Gasteiger partial charge in [0.05, 0.1) is 11.2 Å². The molecule has 3 N–H and O–H groups in total. The highest BCUT2D eigenvalue weighted by atomic mass is 32.2. The number of carbonyl (C=O) groups excluding carboxylic acids is 1. The maximum absolute atomic E-state index is 14.1. The summed E-state index contributed by atoms with van der Waals surface area (Å²) in [5.41, 5.74) is 5.84. The Balaban J connectivity index is 1.85. The number of benzene rings is 2. The molecular weight excluding hydrogens is 406 g/mol. The second kappa shape index (κ2) is 6.71. The molecular formula is C18H12F2N4O4S. The molecule has 0 radical (unpaired) electrons. The third-order valence-corrected chi connectivity index (χ3v) is 5.80. The standard InChI is InChI=1S/C18H12F2N4O4S/c19-10-6-7-15(11(20)9-10)29(26,27)24-8-2-4-13(24)17-22-12-3-1-5-14(16(12)23-17)28-18(21)25/h1-9H,(H2,21,25)(H,22,23). The number of hydrogen-bond acceptors (Lipinski definition) is 5. The van der Waals surface area contributed by atoms with E-state index in [9.17, 15) is 22.0 Å². The number of carbonyl (C=O) groups is 1. The van der Waals surface area contributed by atoms with Crippen LogP contribution in [0.2, 0.25) is 0 Å². The van der Waals surface area contributed by atoms with Crippen LogP contribution in [0.15, 0.2) is 59.6 Å². The fourth-order valence-corrected chi connectivity index (χ4v) is 4.26. The van der Waals surface area contributed by atoms with Crippen LogP contribution in [0.25, 0.3) is 22.6 Å². The first-order valence-electron chi connectivity index (χ1n) is 8.12. The van der Waals surface area contributed by atoms with Crippen molar-refractivity contribution >= 4 is 27.1 Å². The number of halogens is 2. The van der Waals surface area contributed by atoms with E-state index in [4.69, 9.17) is 10.5 Å². The van der Waals surface area contributed by atoms with Gasteiger partial charge >= 0.3 is 6.09 Å². The van der Waals surface area contributed by atoms with Crippen molar-refractivity contribution in [2.45, 2.75) is 4.90 Å². The second-order valence-corrected chi connectivity index (χ2v) is 7.71. The SMILES string of the molecule is NC(=O)Oc1cccc2[nH]c(-c3cccn3S(=O)(=O)c3ccc(F)cc3F)nc12. The number of rotatable bonds is 4. The van der Waals surface area contributed by atoms with Gasteiger partial charge in [0.1, 0.15) is 22.0 Å². The fourth-order valence-electron chi connectivity index (χ4n) is 2.87. The van der Waals surface area contributed by atoms with E-state index in [1.54, 1.807) is 12.1 Å². The first-order valence-corrected chi connectivity index (χ1v) is 9.56. The summed E-state index contributed by atoms with van der Waals surface area (Å²) in [4.78, 5) is 17.6. The van der Waals surface area contributed by atoms with Gasteiger partial charge in [-0.15, -0.1) is 0 Å². The largest absolute Gasteiger partial charge is 0.410 e. The zero-order chi connectivity index (χ0) is 20.8. The Kier molecular flexibility index (Phi) is 4.31. The van der Waals surface area contributed by atoms with Crippen LogP contribution in [0.3, 0.4) is 0 Å². The Bertz CT molecular complexity index is 1360. The minimum Gasteiger partial charge on any atom is -0.408 e. The number of nitrogens with two attached hydrogens (primary N) is 1. The number of ether oxygens (including phenoxy) is 1. The van der Waals surface area contributed by atoms with Gasteiger partial charge in [-0.25, -0.2) is 30.9 Å². The molecule has 2 heterocycles. The molecule has 0 unspecified atom stereocenters. The molecule has 2 aromatic heterocycles. The van der Waals surface area contributed by atoms with Crippen LogP contribution in [-0.2, 0) is 10.0 Å². The summed E-state index contributed by atoms with van der Waals surface area (Å²) in [5, 5.41) is 0. The fraction of sp³-hybridized carbons (Fsp3) is 0. The number of aromatic nitrogens is 3. The lowest BCUT2D eigenvalue weighted by atomic mass is 10.3. The van der Waals surface area contributed by atoms with Crippen LogP contribution in [0.4, 0.5) is 13.6 Å². The van der Waals surface area contributed by atoms with E-state index >= 15 is 0 Å². The Hall–Kier alpha value is -3.73. The van der Waals surface area contributed by atoms with E-state index in [-0.39, 0.29) is 22.8 Å². The topological polar surface area (TPSA) is 120 Å². The van der Waals surface area contributed by atoms with Crippen molar-refractivity contribution in [1.29, 1.82) is 0 Å². The number of fused-ring (bicyclic) bond motifs is 1. The summed E-state index contributed by atoms with van der Waals surface area (Å²) >= 11 is 0. The van der Waals surface area contributed by atoms with E-state index in [0.29, 0.717) is 11.6 Å². The minimum absolute atomic E-state index is 0.0862. The third-order valence-electron chi connectivity index (χ3n) is 4.07. The van der Waals surface area contributed by atoms with Crippen LogP contribution >= 0.6 is 0 Å². The van der Waals surface area contributed by atoms with Crippen LogP contribution in [0.5, 0.6) is 5.75 Å². The van der Waals surface area contributed by atoms with Crippen molar-refractivity contribution in [3.63, 3.8) is 0 Å². The molecule has 0 saturated heterocycles. The highest BCUT2D eigenvalue weighted by Gasteiger charge is 2.25. The molecule has 0 fully saturated rings.